The van der Waals surface area contributed by atoms with Crippen molar-refractivity contribution in [3.8, 4) is 11.5 Å². The van der Waals surface area contributed by atoms with Crippen LogP contribution in [0.2, 0.25) is 0 Å². The van der Waals surface area contributed by atoms with Gasteiger partial charge in [-0.25, -0.2) is 0 Å². The molecule has 4 rings (SSSR count). The van der Waals surface area contributed by atoms with Crippen LogP contribution in [0.1, 0.15) is 35.3 Å². The predicted molar refractivity (Wildman–Crippen MR) is 101 cm³/mol. The Labute approximate surface area is 156 Å². The maximum atomic E-state index is 12.6. The number of hydrogen-bond donors (Lipinski definition) is 2. The quantitative estimate of drug-likeness (QED) is 0.549. The Morgan fingerprint density at radius 3 is 2.70 bits per heavy atom. The lowest BCUT2D eigenvalue weighted by atomic mass is 10.1. The smallest absolute Gasteiger partial charge is 0.292 e. The van der Waals surface area contributed by atoms with Crippen LogP contribution in [0.4, 0.5) is 0 Å². The summed E-state index contributed by atoms with van der Waals surface area (Å²) in [4.78, 5) is 28.1. The second-order valence-electron chi connectivity index (χ2n) is 6.53. The van der Waals surface area contributed by atoms with Gasteiger partial charge < -0.3 is 19.8 Å². The molecular formula is C21H20N2O4. The number of carbonyl (C=O) groups excluding carboxylic acids is 2. The van der Waals surface area contributed by atoms with E-state index in [9.17, 15) is 9.59 Å². The fraction of sp³-hybridized carbons (Fsp3) is 0.238. The summed E-state index contributed by atoms with van der Waals surface area (Å²) in [6.45, 7) is 3.05. The molecule has 27 heavy (non-hydrogen) atoms. The number of nitrogens with one attached hydrogen (secondary N) is 2. The van der Waals surface area contributed by atoms with Gasteiger partial charge in [0.2, 0.25) is 0 Å². The number of para-hydroxylation sites is 1. The van der Waals surface area contributed by atoms with E-state index in [0.29, 0.717) is 30.3 Å². The standard InChI is InChI=1S/C21H20N2O4/c1-13(14-7-8-18-19(11-14)27-10-4-9-26-18)23-21(25)20(24)16-12-22-17-6-3-2-5-15(16)17/h2-3,5-8,11-13,22H,4,9-10H2,1H3,(H,23,25). The average molecular weight is 364 g/mol. The highest BCUT2D eigenvalue weighted by Crippen LogP contribution is 2.32. The summed E-state index contributed by atoms with van der Waals surface area (Å²) in [6, 6.07) is 12.6. The third kappa shape index (κ3) is 3.38. The van der Waals surface area contributed by atoms with Crippen LogP contribution in [0.25, 0.3) is 10.9 Å². The zero-order valence-corrected chi connectivity index (χ0v) is 15.0. The van der Waals surface area contributed by atoms with E-state index >= 15 is 0 Å². The van der Waals surface area contributed by atoms with E-state index in [0.717, 1.165) is 22.9 Å². The van der Waals surface area contributed by atoms with Gasteiger partial charge in [0.25, 0.3) is 11.7 Å². The third-order valence-electron chi connectivity index (χ3n) is 4.66. The molecule has 0 saturated carbocycles. The van der Waals surface area contributed by atoms with Gasteiger partial charge in [0.1, 0.15) is 0 Å². The normalized spacial score (nSPS) is 14.4. The maximum absolute atomic E-state index is 12.6. The Balaban J connectivity index is 1.50. The SMILES string of the molecule is CC(NC(=O)C(=O)c1c[nH]c2ccccc12)c1ccc2c(c1)OCCCO2. The highest BCUT2D eigenvalue weighted by molar-refractivity contribution is 6.45. The summed E-state index contributed by atoms with van der Waals surface area (Å²) in [6.07, 6.45) is 2.40. The van der Waals surface area contributed by atoms with E-state index in [1.54, 1.807) is 6.20 Å². The minimum atomic E-state index is -0.639. The van der Waals surface area contributed by atoms with E-state index in [1.807, 2.05) is 49.4 Å². The molecular weight excluding hydrogens is 344 g/mol. The number of Topliss-reactive ketones (excluding diaryl/α,β-unsaturated/α-hetero) is 1. The summed E-state index contributed by atoms with van der Waals surface area (Å²) in [5.74, 6) is 0.159. The Morgan fingerprint density at radius 1 is 1.07 bits per heavy atom. The lowest BCUT2D eigenvalue weighted by Crippen LogP contribution is -2.33. The number of aromatic amines is 1. The molecule has 1 unspecified atom stereocenters. The van der Waals surface area contributed by atoms with Crippen molar-refractivity contribution in [3.05, 3.63) is 59.8 Å². The van der Waals surface area contributed by atoms with Crippen LogP contribution < -0.4 is 14.8 Å². The minimum Gasteiger partial charge on any atom is -0.490 e. The number of amides is 1. The molecule has 6 nitrogen and oxygen atoms in total. The van der Waals surface area contributed by atoms with Crippen LogP contribution in [-0.4, -0.2) is 29.9 Å². The number of aromatic nitrogens is 1. The van der Waals surface area contributed by atoms with E-state index in [4.69, 9.17) is 9.47 Å². The molecule has 1 aliphatic rings. The molecule has 2 N–H and O–H groups in total. The summed E-state index contributed by atoms with van der Waals surface area (Å²) in [7, 11) is 0. The van der Waals surface area contributed by atoms with Crippen molar-refractivity contribution in [1.29, 1.82) is 0 Å². The van der Waals surface area contributed by atoms with Crippen molar-refractivity contribution >= 4 is 22.6 Å². The van der Waals surface area contributed by atoms with Crippen molar-refractivity contribution in [2.75, 3.05) is 13.2 Å². The van der Waals surface area contributed by atoms with Crippen molar-refractivity contribution in [1.82, 2.24) is 10.3 Å². The van der Waals surface area contributed by atoms with Crippen LogP contribution in [-0.2, 0) is 4.79 Å². The molecule has 0 saturated heterocycles. The largest absolute Gasteiger partial charge is 0.490 e. The Kier molecular flexibility index (Phi) is 4.54. The maximum Gasteiger partial charge on any atom is 0.292 e. The molecule has 0 fully saturated rings. The van der Waals surface area contributed by atoms with Gasteiger partial charge in [-0.05, 0) is 30.7 Å². The molecule has 1 atom stereocenters. The van der Waals surface area contributed by atoms with Gasteiger partial charge in [-0.15, -0.1) is 0 Å². The molecule has 0 bridgehead atoms. The summed E-state index contributed by atoms with van der Waals surface area (Å²) >= 11 is 0. The number of ether oxygens (including phenoxy) is 2. The van der Waals surface area contributed by atoms with Crippen molar-refractivity contribution in [2.24, 2.45) is 0 Å². The second-order valence-corrected chi connectivity index (χ2v) is 6.53. The highest BCUT2D eigenvalue weighted by Gasteiger charge is 2.22. The molecule has 1 aliphatic heterocycles. The number of H-pyrrole nitrogens is 1. The first-order chi connectivity index (χ1) is 13.1. The molecule has 1 amide bonds. The number of rotatable bonds is 4. The topological polar surface area (TPSA) is 80.4 Å². The fourth-order valence-electron chi connectivity index (χ4n) is 3.18. The summed E-state index contributed by atoms with van der Waals surface area (Å²) < 4.78 is 11.3. The third-order valence-corrected chi connectivity index (χ3v) is 4.66. The molecule has 0 aliphatic carbocycles. The van der Waals surface area contributed by atoms with Crippen molar-refractivity contribution in [2.45, 2.75) is 19.4 Å². The second kappa shape index (κ2) is 7.15. The Hall–Kier alpha value is -3.28. The first-order valence-corrected chi connectivity index (χ1v) is 8.94. The summed E-state index contributed by atoms with van der Waals surface area (Å²) in [5.41, 5.74) is 2.04. The lowest BCUT2D eigenvalue weighted by molar-refractivity contribution is -0.117. The fourth-order valence-corrected chi connectivity index (χ4v) is 3.18. The van der Waals surface area contributed by atoms with Gasteiger partial charge in [0.05, 0.1) is 24.8 Å². The zero-order chi connectivity index (χ0) is 18.8. The van der Waals surface area contributed by atoms with Gasteiger partial charge in [0, 0.05) is 23.5 Å². The molecule has 6 heteroatoms. The molecule has 1 aromatic heterocycles. The van der Waals surface area contributed by atoms with Gasteiger partial charge in [0.15, 0.2) is 11.5 Å². The predicted octanol–water partition coefficient (Wildman–Crippen LogP) is 3.39. The number of ketones is 1. The van der Waals surface area contributed by atoms with Gasteiger partial charge in [-0.2, -0.15) is 0 Å². The zero-order valence-electron chi connectivity index (χ0n) is 15.0. The molecule has 2 heterocycles. The molecule has 0 radical (unpaired) electrons. The van der Waals surface area contributed by atoms with E-state index in [2.05, 4.69) is 10.3 Å². The molecule has 0 spiro atoms. The van der Waals surface area contributed by atoms with Crippen LogP contribution in [0.15, 0.2) is 48.7 Å². The average Bonchev–Trinajstić information content (AvgIpc) is 2.97. The van der Waals surface area contributed by atoms with Gasteiger partial charge in [-0.3, -0.25) is 9.59 Å². The molecule has 2 aromatic carbocycles. The van der Waals surface area contributed by atoms with Crippen LogP contribution in [0.3, 0.4) is 0 Å². The van der Waals surface area contributed by atoms with Gasteiger partial charge >= 0.3 is 0 Å². The van der Waals surface area contributed by atoms with Crippen molar-refractivity contribution in [3.63, 3.8) is 0 Å². The van der Waals surface area contributed by atoms with E-state index < -0.39 is 11.7 Å². The Bertz CT molecular complexity index is 1010. The number of fused-ring (bicyclic) bond motifs is 2. The lowest BCUT2D eigenvalue weighted by Gasteiger charge is -2.16. The van der Waals surface area contributed by atoms with Crippen LogP contribution in [0, 0.1) is 0 Å². The first kappa shape index (κ1) is 17.1. The number of carbonyl (C=O) groups is 2. The van der Waals surface area contributed by atoms with Crippen molar-refractivity contribution < 1.29 is 19.1 Å². The van der Waals surface area contributed by atoms with Crippen LogP contribution >= 0.6 is 0 Å². The number of benzene rings is 2. The van der Waals surface area contributed by atoms with E-state index in [-0.39, 0.29) is 6.04 Å². The van der Waals surface area contributed by atoms with E-state index in [1.165, 1.54) is 0 Å². The van der Waals surface area contributed by atoms with Crippen LogP contribution in [0.5, 0.6) is 11.5 Å². The number of hydrogen-bond acceptors (Lipinski definition) is 4. The monoisotopic (exact) mass is 364 g/mol. The Morgan fingerprint density at radius 2 is 1.85 bits per heavy atom. The first-order valence-electron chi connectivity index (χ1n) is 8.94. The molecule has 138 valence electrons. The van der Waals surface area contributed by atoms with Gasteiger partial charge in [-0.1, -0.05) is 24.3 Å². The minimum absolute atomic E-state index is 0.344. The molecule has 3 aromatic rings. The highest BCUT2D eigenvalue weighted by atomic mass is 16.5. The summed E-state index contributed by atoms with van der Waals surface area (Å²) in [5, 5.41) is 3.51.